The van der Waals surface area contributed by atoms with Crippen LogP contribution in [0.1, 0.15) is 30.7 Å². The molecule has 3 aromatic rings. The molecule has 29 heavy (non-hydrogen) atoms. The molecule has 9 heteroatoms. The number of nitrogens with one attached hydrogen (secondary N) is 1. The van der Waals surface area contributed by atoms with Gasteiger partial charge in [0.05, 0.1) is 17.5 Å². The van der Waals surface area contributed by atoms with Gasteiger partial charge in [-0.05, 0) is 42.5 Å². The average molecular weight is 428 g/mol. The normalized spacial score (nSPS) is 16.2. The Labute approximate surface area is 177 Å². The summed E-state index contributed by atoms with van der Waals surface area (Å²) in [4.78, 5) is 27.4. The van der Waals surface area contributed by atoms with E-state index in [0.29, 0.717) is 16.6 Å². The number of hydrogen-bond donors (Lipinski definition) is 1. The molecule has 1 atom stereocenters. The third-order valence-corrected chi connectivity index (χ3v) is 6.63. The zero-order valence-corrected chi connectivity index (χ0v) is 17.6. The minimum Gasteiger partial charge on any atom is -0.334 e. The summed E-state index contributed by atoms with van der Waals surface area (Å²) in [6.45, 7) is 2.27. The molecule has 1 N–H and O–H groups in total. The van der Waals surface area contributed by atoms with Crippen molar-refractivity contribution in [3.05, 3.63) is 53.0 Å². The van der Waals surface area contributed by atoms with Crippen molar-refractivity contribution in [2.45, 2.75) is 31.0 Å². The van der Waals surface area contributed by atoms with E-state index in [9.17, 15) is 9.59 Å². The van der Waals surface area contributed by atoms with Crippen LogP contribution in [0.3, 0.4) is 0 Å². The van der Waals surface area contributed by atoms with Gasteiger partial charge in [0, 0.05) is 24.0 Å². The van der Waals surface area contributed by atoms with E-state index in [1.165, 1.54) is 23.6 Å². The molecule has 1 aromatic carbocycles. The Balaban J connectivity index is 1.44. The molecule has 7 nitrogen and oxygen atoms in total. The van der Waals surface area contributed by atoms with E-state index in [4.69, 9.17) is 0 Å². The molecule has 4 rings (SSSR count). The van der Waals surface area contributed by atoms with Crippen molar-refractivity contribution >= 4 is 40.6 Å². The monoisotopic (exact) mass is 427 g/mol. The van der Waals surface area contributed by atoms with Gasteiger partial charge in [-0.3, -0.25) is 14.2 Å². The van der Waals surface area contributed by atoms with Gasteiger partial charge in [-0.15, -0.1) is 21.5 Å². The molecule has 1 aliphatic heterocycles. The van der Waals surface area contributed by atoms with E-state index in [0.717, 1.165) is 25.1 Å². The van der Waals surface area contributed by atoms with Crippen molar-refractivity contribution in [1.82, 2.24) is 19.7 Å². The van der Waals surface area contributed by atoms with Crippen molar-refractivity contribution in [1.29, 1.82) is 0 Å². The largest absolute Gasteiger partial charge is 0.334 e. The molecule has 1 fully saturated rings. The van der Waals surface area contributed by atoms with Crippen molar-refractivity contribution in [2.24, 2.45) is 0 Å². The van der Waals surface area contributed by atoms with Crippen molar-refractivity contribution < 1.29 is 9.59 Å². The zero-order chi connectivity index (χ0) is 20.2. The number of thiophene rings is 1. The lowest BCUT2D eigenvalue weighted by molar-refractivity contribution is -0.129. The van der Waals surface area contributed by atoms with Crippen molar-refractivity contribution in [2.75, 3.05) is 17.6 Å². The van der Waals surface area contributed by atoms with Crippen molar-refractivity contribution in [3.63, 3.8) is 0 Å². The SMILES string of the molecule is CC(=O)Nc1cccc(-n2cnnc2SCC(=O)N2CCCC2c2cccs2)c1. The minimum absolute atomic E-state index is 0.118. The highest BCUT2D eigenvalue weighted by molar-refractivity contribution is 7.99. The lowest BCUT2D eigenvalue weighted by Crippen LogP contribution is -2.31. The van der Waals surface area contributed by atoms with Crippen LogP contribution in [0.2, 0.25) is 0 Å². The summed E-state index contributed by atoms with van der Waals surface area (Å²) in [7, 11) is 0. The first-order chi connectivity index (χ1) is 14.1. The van der Waals surface area contributed by atoms with E-state index in [1.807, 2.05) is 39.8 Å². The number of likely N-dealkylation sites (tertiary alicyclic amines) is 1. The number of rotatable bonds is 6. The topological polar surface area (TPSA) is 80.1 Å². The summed E-state index contributed by atoms with van der Waals surface area (Å²) < 4.78 is 1.82. The molecular formula is C20H21N5O2S2. The fourth-order valence-electron chi connectivity index (χ4n) is 3.49. The summed E-state index contributed by atoms with van der Waals surface area (Å²) in [5, 5.41) is 13.6. The van der Waals surface area contributed by atoms with Crippen molar-refractivity contribution in [3.8, 4) is 5.69 Å². The summed E-state index contributed by atoms with van der Waals surface area (Å²) >= 11 is 3.08. The Morgan fingerprint density at radius 1 is 1.31 bits per heavy atom. The highest BCUT2D eigenvalue weighted by atomic mass is 32.2. The van der Waals surface area contributed by atoms with Crippen LogP contribution in [0.5, 0.6) is 0 Å². The van der Waals surface area contributed by atoms with Gasteiger partial charge in [0.25, 0.3) is 0 Å². The number of carbonyl (C=O) groups excluding carboxylic acids is 2. The molecule has 1 saturated heterocycles. The van der Waals surface area contributed by atoms with Crippen LogP contribution < -0.4 is 5.32 Å². The number of thioether (sulfide) groups is 1. The predicted octanol–water partition coefficient (Wildman–Crippen LogP) is 3.74. The Bertz CT molecular complexity index is 1000. The summed E-state index contributed by atoms with van der Waals surface area (Å²) in [5.74, 6) is 0.302. The molecule has 150 valence electrons. The highest BCUT2D eigenvalue weighted by Crippen LogP contribution is 2.35. The van der Waals surface area contributed by atoms with Crippen LogP contribution in [-0.2, 0) is 9.59 Å². The Morgan fingerprint density at radius 3 is 3.00 bits per heavy atom. The maximum absolute atomic E-state index is 12.9. The smallest absolute Gasteiger partial charge is 0.233 e. The number of hydrogen-bond acceptors (Lipinski definition) is 6. The van der Waals surface area contributed by atoms with Gasteiger partial charge in [-0.1, -0.05) is 23.9 Å². The molecule has 0 bridgehead atoms. The highest BCUT2D eigenvalue weighted by Gasteiger charge is 2.30. The van der Waals surface area contributed by atoms with E-state index in [1.54, 1.807) is 17.7 Å². The minimum atomic E-state index is -0.128. The first kappa shape index (κ1) is 19.7. The van der Waals surface area contributed by atoms with Gasteiger partial charge < -0.3 is 10.2 Å². The summed E-state index contributed by atoms with van der Waals surface area (Å²) in [6, 6.07) is 11.8. The second-order valence-electron chi connectivity index (χ2n) is 6.76. The molecule has 0 radical (unpaired) electrons. The van der Waals surface area contributed by atoms with Crippen LogP contribution in [0, 0.1) is 0 Å². The summed E-state index contributed by atoms with van der Waals surface area (Å²) in [5.41, 5.74) is 1.53. The first-order valence-electron chi connectivity index (χ1n) is 9.35. The van der Waals surface area contributed by atoms with Gasteiger partial charge in [-0.25, -0.2) is 0 Å². The third-order valence-electron chi connectivity index (χ3n) is 4.73. The van der Waals surface area contributed by atoms with Crippen LogP contribution >= 0.6 is 23.1 Å². The number of benzene rings is 1. The number of carbonyl (C=O) groups is 2. The molecule has 1 unspecified atom stereocenters. The quantitative estimate of drug-likeness (QED) is 0.606. The Morgan fingerprint density at radius 2 is 2.21 bits per heavy atom. The van der Waals surface area contributed by atoms with Crippen LogP contribution in [0.15, 0.2) is 53.3 Å². The second kappa shape index (κ2) is 8.79. The molecule has 0 aliphatic carbocycles. The third kappa shape index (κ3) is 4.51. The molecule has 3 heterocycles. The van der Waals surface area contributed by atoms with Gasteiger partial charge in [0.1, 0.15) is 6.33 Å². The zero-order valence-electron chi connectivity index (χ0n) is 15.9. The van der Waals surface area contributed by atoms with E-state index >= 15 is 0 Å². The maximum atomic E-state index is 12.9. The van der Waals surface area contributed by atoms with E-state index < -0.39 is 0 Å². The molecule has 2 amide bonds. The van der Waals surface area contributed by atoms with Gasteiger partial charge in [0.2, 0.25) is 11.8 Å². The average Bonchev–Trinajstić information content (AvgIpc) is 3.46. The van der Waals surface area contributed by atoms with Gasteiger partial charge >= 0.3 is 0 Å². The molecular weight excluding hydrogens is 406 g/mol. The Hall–Kier alpha value is -2.65. The summed E-state index contributed by atoms with van der Waals surface area (Å²) in [6.07, 6.45) is 3.66. The standard InChI is InChI=1S/C20H21N5O2S2/c1-14(26)22-15-5-2-6-16(11-15)25-13-21-23-20(25)29-12-19(27)24-9-3-7-17(24)18-8-4-10-28-18/h2,4-6,8,10-11,13,17H,3,7,9,12H2,1H3,(H,22,26). The molecule has 0 saturated carbocycles. The maximum Gasteiger partial charge on any atom is 0.233 e. The first-order valence-corrected chi connectivity index (χ1v) is 11.2. The van der Waals surface area contributed by atoms with Crippen LogP contribution in [-0.4, -0.2) is 43.8 Å². The van der Waals surface area contributed by atoms with E-state index in [-0.39, 0.29) is 17.9 Å². The molecule has 1 aliphatic rings. The van der Waals surface area contributed by atoms with E-state index in [2.05, 4.69) is 27.0 Å². The second-order valence-corrected chi connectivity index (χ2v) is 8.69. The van der Waals surface area contributed by atoms with Crippen LogP contribution in [0.4, 0.5) is 5.69 Å². The lowest BCUT2D eigenvalue weighted by Gasteiger charge is -2.23. The number of amides is 2. The van der Waals surface area contributed by atoms with Gasteiger partial charge in [0.15, 0.2) is 5.16 Å². The predicted molar refractivity (Wildman–Crippen MR) is 114 cm³/mol. The molecule has 0 spiro atoms. The molecule has 2 aromatic heterocycles. The fourth-order valence-corrected chi connectivity index (χ4v) is 5.18. The lowest BCUT2D eigenvalue weighted by atomic mass is 10.2. The van der Waals surface area contributed by atoms with Crippen LogP contribution in [0.25, 0.3) is 5.69 Å². The Kier molecular flexibility index (Phi) is 5.96. The van der Waals surface area contributed by atoms with Gasteiger partial charge in [-0.2, -0.15) is 0 Å². The number of aromatic nitrogens is 3. The number of anilines is 1. The number of nitrogens with zero attached hydrogens (tertiary/aromatic N) is 4. The fraction of sp³-hybridized carbons (Fsp3) is 0.300.